The van der Waals surface area contributed by atoms with Crippen LogP contribution >= 0.6 is 31.9 Å². The lowest BCUT2D eigenvalue weighted by molar-refractivity contribution is -0.155. The van der Waals surface area contributed by atoms with Gasteiger partial charge in [0.05, 0.1) is 11.6 Å². The van der Waals surface area contributed by atoms with Gasteiger partial charge in [-0.1, -0.05) is 6.42 Å². The van der Waals surface area contributed by atoms with Gasteiger partial charge in [-0.05, 0) is 82.2 Å². The number of ketones is 1. The molecule has 2 saturated carbocycles. The number of esters is 1. The zero-order valence-corrected chi connectivity index (χ0v) is 17.7. The second-order valence-electron chi connectivity index (χ2n) is 7.15. The maximum Gasteiger partial charge on any atom is 0.309 e. The number of hydrogen-bond donors (Lipinski definition) is 1. The van der Waals surface area contributed by atoms with Crippen molar-refractivity contribution in [1.29, 1.82) is 0 Å². The second-order valence-corrected chi connectivity index (χ2v) is 8.86. The van der Waals surface area contributed by atoms with Crippen LogP contribution in [0.15, 0.2) is 21.1 Å². The Kier molecular flexibility index (Phi) is 6.17. The number of Topliss-reactive ketones (excluding diaryl/α,β-unsaturated/α-hetero) is 1. The van der Waals surface area contributed by atoms with Crippen molar-refractivity contribution in [1.82, 2.24) is 0 Å². The van der Waals surface area contributed by atoms with E-state index in [9.17, 15) is 14.4 Å². The lowest BCUT2D eigenvalue weighted by Gasteiger charge is -2.36. The van der Waals surface area contributed by atoms with Crippen LogP contribution in [0.5, 0.6) is 0 Å². The molecular weight excluding hydrogens is 466 g/mol. The van der Waals surface area contributed by atoms with Crippen LogP contribution in [0.4, 0.5) is 5.69 Å². The van der Waals surface area contributed by atoms with Gasteiger partial charge in [-0.2, -0.15) is 0 Å². The number of nitrogens with one attached hydrogen (secondary N) is 1. The molecule has 2 bridgehead atoms. The predicted octanol–water partition coefficient (Wildman–Crippen LogP) is 4.40. The predicted molar refractivity (Wildman–Crippen MR) is 105 cm³/mol. The van der Waals surface area contributed by atoms with Crippen molar-refractivity contribution >= 4 is 55.2 Å². The van der Waals surface area contributed by atoms with Crippen LogP contribution in [0, 0.1) is 24.7 Å². The van der Waals surface area contributed by atoms with E-state index in [2.05, 4.69) is 37.2 Å². The Morgan fingerprint density at radius 1 is 1.15 bits per heavy atom. The van der Waals surface area contributed by atoms with Gasteiger partial charge in [0, 0.05) is 20.8 Å². The molecule has 1 N–H and O–H groups in total. The highest BCUT2D eigenvalue weighted by atomic mass is 79.9. The highest BCUT2D eigenvalue weighted by Crippen LogP contribution is 2.40. The molecule has 1 aromatic rings. The van der Waals surface area contributed by atoms with Crippen LogP contribution in [0.1, 0.15) is 37.7 Å². The number of rotatable bonds is 4. The molecule has 26 heavy (non-hydrogen) atoms. The maximum atomic E-state index is 12.3. The van der Waals surface area contributed by atoms with Gasteiger partial charge in [-0.3, -0.25) is 14.4 Å². The van der Waals surface area contributed by atoms with Crippen LogP contribution in [0.25, 0.3) is 0 Å². The Labute approximate surface area is 169 Å². The SMILES string of the molecule is Cc1cc(Br)c(NC(=O)COC(=O)C2CC3CCCC(C2)C3=O)c(Br)c1. The maximum absolute atomic E-state index is 12.3. The van der Waals surface area contributed by atoms with E-state index >= 15 is 0 Å². The third kappa shape index (κ3) is 4.36. The number of halogens is 2. The summed E-state index contributed by atoms with van der Waals surface area (Å²) in [5, 5.41) is 2.75. The van der Waals surface area contributed by atoms with E-state index in [4.69, 9.17) is 4.74 Å². The van der Waals surface area contributed by atoms with Crippen LogP contribution in [-0.4, -0.2) is 24.3 Å². The molecule has 0 spiro atoms. The van der Waals surface area contributed by atoms with Crippen molar-refractivity contribution in [2.75, 3.05) is 11.9 Å². The fourth-order valence-electron chi connectivity index (χ4n) is 3.92. The molecule has 5 nitrogen and oxygen atoms in total. The number of fused-ring (bicyclic) bond motifs is 2. The standard InChI is InChI=1S/C19H21Br2NO4/c1-10-5-14(20)17(15(21)6-10)22-16(23)9-26-19(25)13-7-11-3-2-4-12(8-13)18(11)24/h5-6,11-13H,2-4,7-9H2,1H3,(H,22,23). The molecule has 0 radical (unpaired) electrons. The molecule has 2 atom stereocenters. The molecular formula is C19H21Br2NO4. The summed E-state index contributed by atoms with van der Waals surface area (Å²) in [5.41, 5.74) is 1.65. The number of ether oxygens (including phenoxy) is 1. The summed E-state index contributed by atoms with van der Waals surface area (Å²) in [5.74, 6) is -0.732. The average Bonchev–Trinajstić information content (AvgIpc) is 2.55. The zero-order chi connectivity index (χ0) is 18.8. The smallest absolute Gasteiger partial charge is 0.309 e. The van der Waals surface area contributed by atoms with Crippen molar-refractivity contribution in [2.24, 2.45) is 17.8 Å². The van der Waals surface area contributed by atoms with Crippen LogP contribution in [0.3, 0.4) is 0 Å². The van der Waals surface area contributed by atoms with E-state index in [1.54, 1.807) is 0 Å². The normalized spacial score (nSPS) is 24.9. The topological polar surface area (TPSA) is 72.5 Å². The summed E-state index contributed by atoms with van der Waals surface area (Å²) >= 11 is 6.84. The minimum Gasteiger partial charge on any atom is -0.455 e. The van der Waals surface area contributed by atoms with Crippen LogP contribution < -0.4 is 5.32 Å². The Balaban J connectivity index is 1.53. The summed E-state index contributed by atoms with van der Waals surface area (Å²) in [4.78, 5) is 36.6. The minimum absolute atomic E-state index is 0.00616. The summed E-state index contributed by atoms with van der Waals surface area (Å²) < 4.78 is 6.73. The fraction of sp³-hybridized carbons (Fsp3) is 0.526. The van der Waals surface area contributed by atoms with E-state index < -0.39 is 5.91 Å². The third-order valence-electron chi connectivity index (χ3n) is 5.18. The van der Waals surface area contributed by atoms with Crippen LogP contribution in [-0.2, 0) is 19.1 Å². The number of hydrogen-bond acceptors (Lipinski definition) is 4. The van der Waals surface area contributed by atoms with Crippen molar-refractivity contribution in [3.63, 3.8) is 0 Å². The lowest BCUT2D eigenvalue weighted by atomic mass is 9.67. The number of amides is 1. The van der Waals surface area contributed by atoms with Gasteiger partial charge in [0.1, 0.15) is 5.78 Å². The molecule has 0 aromatic heterocycles. The second kappa shape index (κ2) is 8.21. The first-order chi connectivity index (χ1) is 12.3. The molecule has 140 valence electrons. The Morgan fingerprint density at radius 2 is 1.73 bits per heavy atom. The van der Waals surface area contributed by atoms with Gasteiger partial charge in [-0.15, -0.1) is 0 Å². The highest BCUT2D eigenvalue weighted by molar-refractivity contribution is 9.11. The molecule has 2 unspecified atom stereocenters. The Bertz CT molecular complexity index is 710. The van der Waals surface area contributed by atoms with Crippen molar-refractivity contribution in [3.8, 4) is 0 Å². The van der Waals surface area contributed by atoms with Gasteiger partial charge in [0.25, 0.3) is 5.91 Å². The molecule has 2 aliphatic rings. The molecule has 0 heterocycles. The number of benzene rings is 1. The third-order valence-corrected chi connectivity index (χ3v) is 6.43. The van der Waals surface area contributed by atoms with Crippen LogP contribution in [0.2, 0.25) is 0 Å². The van der Waals surface area contributed by atoms with E-state index in [-0.39, 0.29) is 30.3 Å². The summed E-state index contributed by atoms with van der Waals surface area (Å²) in [7, 11) is 0. The number of carbonyl (C=O) groups is 3. The number of carbonyl (C=O) groups excluding carboxylic acids is 3. The largest absolute Gasteiger partial charge is 0.455 e. The van der Waals surface area contributed by atoms with Gasteiger partial charge >= 0.3 is 5.97 Å². The van der Waals surface area contributed by atoms with E-state index in [1.807, 2.05) is 19.1 Å². The molecule has 3 rings (SSSR count). The molecule has 0 aliphatic heterocycles. The summed E-state index contributed by atoms with van der Waals surface area (Å²) in [6.07, 6.45) is 3.92. The number of anilines is 1. The summed E-state index contributed by atoms with van der Waals surface area (Å²) in [6, 6.07) is 3.79. The van der Waals surface area contributed by atoms with E-state index in [0.29, 0.717) is 24.3 Å². The first-order valence-corrected chi connectivity index (χ1v) is 10.4. The monoisotopic (exact) mass is 485 g/mol. The average molecular weight is 487 g/mol. The first-order valence-electron chi connectivity index (χ1n) is 8.81. The van der Waals surface area contributed by atoms with Gasteiger partial charge in [-0.25, -0.2) is 0 Å². The molecule has 0 saturated heterocycles. The molecule has 7 heteroatoms. The van der Waals surface area contributed by atoms with E-state index in [0.717, 1.165) is 33.8 Å². The molecule has 2 fully saturated rings. The first kappa shape index (κ1) is 19.5. The fourth-order valence-corrected chi connectivity index (χ4v) is 5.54. The summed E-state index contributed by atoms with van der Waals surface area (Å²) in [6.45, 7) is 1.62. The quantitative estimate of drug-likeness (QED) is 0.640. The highest BCUT2D eigenvalue weighted by Gasteiger charge is 2.41. The van der Waals surface area contributed by atoms with Crippen molar-refractivity contribution in [3.05, 3.63) is 26.6 Å². The lowest BCUT2D eigenvalue weighted by Crippen LogP contribution is -2.40. The van der Waals surface area contributed by atoms with Crippen molar-refractivity contribution < 1.29 is 19.1 Å². The van der Waals surface area contributed by atoms with Crippen molar-refractivity contribution in [2.45, 2.75) is 39.0 Å². The van der Waals surface area contributed by atoms with Gasteiger partial charge in [0.2, 0.25) is 0 Å². The molecule has 2 aliphatic carbocycles. The van der Waals surface area contributed by atoms with Gasteiger partial charge < -0.3 is 10.1 Å². The van der Waals surface area contributed by atoms with E-state index in [1.165, 1.54) is 0 Å². The Hall–Kier alpha value is -1.21. The Morgan fingerprint density at radius 3 is 2.31 bits per heavy atom. The minimum atomic E-state index is -0.393. The molecule has 1 amide bonds. The zero-order valence-electron chi connectivity index (χ0n) is 14.5. The molecule has 1 aromatic carbocycles. The van der Waals surface area contributed by atoms with Gasteiger partial charge in [0.15, 0.2) is 6.61 Å². The number of aryl methyl sites for hydroxylation is 1.